The Morgan fingerprint density at radius 1 is 1.14 bits per heavy atom. The van der Waals surface area contributed by atoms with Crippen molar-refractivity contribution in [3.63, 3.8) is 0 Å². The lowest BCUT2D eigenvalue weighted by atomic mass is 10.2. The Labute approximate surface area is 148 Å². The molecule has 21 heavy (non-hydrogen) atoms. The molecule has 2 aromatic rings. The minimum absolute atomic E-state index is 0.341. The van der Waals surface area contributed by atoms with Gasteiger partial charge in [0, 0.05) is 8.95 Å². The molecule has 0 aromatic heterocycles. The zero-order valence-corrected chi connectivity index (χ0v) is 15.4. The van der Waals surface area contributed by atoms with Crippen LogP contribution in [-0.4, -0.2) is 13.0 Å². The van der Waals surface area contributed by atoms with Crippen molar-refractivity contribution in [1.82, 2.24) is 0 Å². The van der Waals surface area contributed by atoms with E-state index in [0.717, 1.165) is 4.47 Å². The number of ether oxygens (including phenoxy) is 1. The van der Waals surface area contributed by atoms with Crippen LogP contribution >= 0.6 is 55.1 Å². The van der Waals surface area contributed by atoms with Gasteiger partial charge in [-0.3, -0.25) is 4.79 Å². The fourth-order valence-corrected chi connectivity index (χ4v) is 3.38. The summed E-state index contributed by atoms with van der Waals surface area (Å²) in [6, 6.07) is 8.42. The molecule has 0 bridgehead atoms. The fourth-order valence-electron chi connectivity index (χ4n) is 1.65. The minimum Gasteiger partial charge on any atom is -0.497 e. The Morgan fingerprint density at radius 3 is 2.33 bits per heavy atom. The van der Waals surface area contributed by atoms with Crippen molar-refractivity contribution in [3.05, 3.63) is 54.9 Å². The van der Waals surface area contributed by atoms with E-state index in [1.54, 1.807) is 30.3 Å². The van der Waals surface area contributed by atoms with Crippen molar-refractivity contribution in [2.24, 2.45) is 0 Å². The summed E-state index contributed by atoms with van der Waals surface area (Å²) in [4.78, 5) is 12.4. The summed E-state index contributed by atoms with van der Waals surface area (Å²) in [6.07, 6.45) is 0. The summed E-state index contributed by atoms with van der Waals surface area (Å²) >= 11 is 18.8. The van der Waals surface area contributed by atoms with E-state index in [0.29, 0.717) is 31.5 Å². The summed E-state index contributed by atoms with van der Waals surface area (Å²) in [7, 11) is 1.54. The maximum Gasteiger partial charge on any atom is 0.257 e. The van der Waals surface area contributed by atoms with E-state index in [2.05, 4.69) is 37.2 Å². The summed E-state index contributed by atoms with van der Waals surface area (Å²) in [5.41, 5.74) is 0.783. The molecule has 2 rings (SSSR count). The maximum atomic E-state index is 12.4. The van der Waals surface area contributed by atoms with Gasteiger partial charge in [-0.15, -0.1) is 0 Å². The van der Waals surface area contributed by atoms with E-state index in [9.17, 15) is 4.79 Å². The van der Waals surface area contributed by atoms with E-state index in [4.69, 9.17) is 27.9 Å². The number of nitrogens with one attached hydrogen (secondary N) is 1. The number of rotatable bonds is 3. The van der Waals surface area contributed by atoms with Crippen LogP contribution in [0.25, 0.3) is 0 Å². The summed E-state index contributed by atoms with van der Waals surface area (Å²) < 4.78 is 6.49. The lowest BCUT2D eigenvalue weighted by Crippen LogP contribution is -2.13. The number of amides is 1. The van der Waals surface area contributed by atoms with Crippen LogP contribution in [0.2, 0.25) is 10.0 Å². The van der Waals surface area contributed by atoms with Crippen LogP contribution in [0.15, 0.2) is 39.3 Å². The SMILES string of the molecule is COc1ccc(Br)c(C(=O)Nc2c(Cl)cc(Br)cc2Cl)c1. The molecule has 2 aromatic carbocycles. The maximum absolute atomic E-state index is 12.4. The highest BCUT2D eigenvalue weighted by Crippen LogP contribution is 2.34. The number of carbonyl (C=O) groups excluding carboxylic acids is 1. The second kappa shape index (κ2) is 7.01. The highest BCUT2D eigenvalue weighted by atomic mass is 79.9. The van der Waals surface area contributed by atoms with Gasteiger partial charge < -0.3 is 10.1 Å². The van der Waals surface area contributed by atoms with Gasteiger partial charge in [0.05, 0.1) is 28.4 Å². The molecule has 0 aliphatic rings. The molecule has 3 nitrogen and oxygen atoms in total. The molecule has 0 atom stereocenters. The largest absolute Gasteiger partial charge is 0.497 e. The van der Waals surface area contributed by atoms with Gasteiger partial charge >= 0.3 is 0 Å². The molecule has 0 saturated carbocycles. The molecule has 1 N–H and O–H groups in total. The predicted octanol–water partition coefficient (Wildman–Crippen LogP) is 5.78. The van der Waals surface area contributed by atoms with Crippen molar-refractivity contribution in [2.45, 2.75) is 0 Å². The third-order valence-corrected chi connectivity index (χ3v) is 4.41. The molecular formula is C14H9Br2Cl2NO2. The third kappa shape index (κ3) is 3.92. The van der Waals surface area contributed by atoms with E-state index in [1.165, 1.54) is 7.11 Å². The second-order valence-electron chi connectivity index (χ2n) is 4.04. The van der Waals surface area contributed by atoms with Crippen LogP contribution < -0.4 is 10.1 Å². The van der Waals surface area contributed by atoms with Crippen LogP contribution in [0.1, 0.15) is 10.4 Å². The standard InChI is InChI=1S/C14H9Br2Cl2NO2/c1-21-8-2-3-10(16)9(6-8)14(20)19-13-11(17)4-7(15)5-12(13)18/h2-6H,1H3,(H,19,20). The average Bonchev–Trinajstić information content (AvgIpc) is 2.43. The van der Waals surface area contributed by atoms with Gasteiger partial charge in [-0.2, -0.15) is 0 Å². The highest BCUT2D eigenvalue weighted by Gasteiger charge is 2.15. The molecule has 0 spiro atoms. The number of hydrogen-bond acceptors (Lipinski definition) is 2. The average molecular weight is 454 g/mol. The zero-order valence-electron chi connectivity index (χ0n) is 10.7. The fraction of sp³-hybridized carbons (Fsp3) is 0.0714. The molecular weight excluding hydrogens is 445 g/mol. The summed E-state index contributed by atoms with van der Waals surface area (Å²) in [6.45, 7) is 0. The smallest absolute Gasteiger partial charge is 0.257 e. The number of carbonyl (C=O) groups is 1. The third-order valence-electron chi connectivity index (χ3n) is 2.66. The predicted molar refractivity (Wildman–Crippen MR) is 92.8 cm³/mol. The number of hydrogen-bond donors (Lipinski definition) is 1. The van der Waals surface area contributed by atoms with Crippen LogP contribution in [0.3, 0.4) is 0 Å². The first-order valence-corrected chi connectivity index (χ1v) is 8.06. The molecule has 7 heteroatoms. The minimum atomic E-state index is -0.341. The highest BCUT2D eigenvalue weighted by molar-refractivity contribution is 9.10. The summed E-state index contributed by atoms with van der Waals surface area (Å²) in [5, 5.41) is 3.40. The van der Waals surface area contributed by atoms with Gasteiger partial charge in [0.15, 0.2) is 0 Å². The Balaban J connectivity index is 2.35. The summed E-state index contributed by atoms with van der Waals surface area (Å²) in [5.74, 6) is 0.239. The molecule has 0 radical (unpaired) electrons. The first-order chi connectivity index (χ1) is 9.92. The molecule has 110 valence electrons. The van der Waals surface area contributed by atoms with E-state index >= 15 is 0 Å². The Bertz CT molecular complexity index is 684. The van der Waals surface area contributed by atoms with Gasteiger partial charge in [-0.1, -0.05) is 39.1 Å². The molecule has 0 unspecified atom stereocenters. The lowest BCUT2D eigenvalue weighted by molar-refractivity contribution is 0.102. The quantitative estimate of drug-likeness (QED) is 0.639. The second-order valence-corrected chi connectivity index (χ2v) is 6.63. The van der Waals surface area contributed by atoms with E-state index in [1.807, 2.05) is 0 Å². The number of halogens is 4. The monoisotopic (exact) mass is 451 g/mol. The van der Waals surface area contributed by atoms with Gasteiger partial charge in [-0.05, 0) is 46.3 Å². The zero-order chi connectivity index (χ0) is 15.6. The van der Waals surface area contributed by atoms with Crippen LogP contribution in [0, 0.1) is 0 Å². The van der Waals surface area contributed by atoms with Gasteiger partial charge in [0.25, 0.3) is 5.91 Å². The van der Waals surface area contributed by atoms with Crippen molar-refractivity contribution in [3.8, 4) is 5.75 Å². The molecule has 0 saturated heterocycles. The Hall–Kier alpha value is -0.750. The van der Waals surface area contributed by atoms with Crippen molar-refractivity contribution in [2.75, 3.05) is 12.4 Å². The number of anilines is 1. The Kier molecular flexibility index (Phi) is 5.54. The topological polar surface area (TPSA) is 38.3 Å². The first kappa shape index (κ1) is 16.6. The van der Waals surface area contributed by atoms with Crippen LogP contribution in [0.4, 0.5) is 5.69 Å². The van der Waals surface area contributed by atoms with Crippen molar-refractivity contribution >= 4 is 66.7 Å². The number of benzene rings is 2. The van der Waals surface area contributed by atoms with Gasteiger partial charge in [0.2, 0.25) is 0 Å². The van der Waals surface area contributed by atoms with Crippen LogP contribution in [-0.2, 0) is 0 Å². The molecule has 0 heterocycles. The van der Waals surface area contributed by atoms with Crippen LogP contribution in [0.5, 0.6) is 5.75 Å². The van der Waals surface area contributed by atoms with E-state index in [-0.39, 0.29) is 5.91 Å². The molecule has 0 fully saturated rings. The van der Waals surface area contributed by atoms with Crippen molar-refractivity contribution < 1.29 is 9.53 Å². The molecule has 1 amide bonds. The van der Waals surface area contributed by atoms with Gasteiger partial charge in [-0.25, -0.2) is 0 Å². The molecule has 0 aliphatic heterocycles. The Morgan fingerprint density at radius 2 is 1.76 bits per heavy atom. The lowest BCUT2D eigenvalue weighted by Gasteiger charge is -2.11. The van der Waals surface area contributed by atoms with E-state index < -0.39 is 0 Å². The molecule has 0 aliphatic carbocycles. The van der Waals surface area contributed by atoms with Gasteiger partial charge in [0.1, 0.15) is 5.75 Å². The first-order valence-electron chi connectivity index (χ1n) is 5.72. The van der Waals surface area contributed by atoms with Crippen molar-refractivity contribution in [1.29, 1.82) is 0 Å². The number of methoxy groups -OCH3 is 1. The normalized spacial score (nSPS) is 10.3.